The quantitative estimate of drug-likeness (QED) is 0.460. The van der Waals surface area contributed by atoms with Gasteiger partial charge in [-0.25, -0.2) is 4.79 Å². The standard InChI is InChI=1S/C14H12N2O2/c1-18-14(17)11-6-10(5-4-9-2-3-9)13(16)12(7-11)8-15/h6-7,9H,2-3,16H2,1H3. The van der Waals surface area contributed by atoms with E-state index in [2.05, 4.69) is 16.6 Å². The van der Waals surface area contributed by atoms with Gasteiger partial charge in [-0.2, -0.15) is 5.26 Å². The highest BCUT2D eigenvalue weighted by Crippen LogP contribution is 2.28. The molecule has 1 aliphatic rings. The average molecular weight is 240 g/mol. The second-order valence-corrected chi connectivity index (χ2v) is 4.13. The van der Waals surface area contributed by atoms with Crippen molar-refractivity contribution in [1.29, 1.82) is 5.26 Å². The summed E-state index contributed by atoms with van der Waals surface area (Å²) < 4.78 is 4.63. The highest BCUT2D eigenvalue weighted by Gasteiger charge is 2.18. The van der Waals surface area contributed by atoms with Crippen molar-refractivity contribution >= 4 is 11.7 Å². The summed E-state index contributed by atoms with van der Waals surface area (Å²) in [5, 5.41) is 8.98. The Balaban J connectivity index is 2.47. The summed E-state index contributed by atoms with van der Waals surface area (Å²) in [6.45, 7) is 0. The van der Waals surface area contributed by atoms with Crippen LogP contribution in [0.4, 0.5) is 5.69 Å². The molecule has 0 radical (unpaired) electrons. The number of esters is 1. The van der Waals surface area contributed by atoms with Gasteiger partial charge in [-0.15, -0.1) is 0 Å². The maximum Gasteiger partial charge on any atom is 0.337 e. The number of nitrogens with zero attached hydrogens (tertiary/aromatic N) is 1. The molecule has 2 N–H and O–H groups in total. The van der Waals surface area contributed by atoms with E-state index < -0.39 is 5.97 Å². The lowest BCUT2D eigenvalue weighted by Crippen LogP contribution is -2.05. The number of carbonyl (C=O) groups is 1. The van der Waals surface area contributed by atoms with Crippen molar-refractivity contribution in [3.63, 3.8) is 0 Å². The molecular formula is C14H12N2O2. The molecule has 1 aromatic rings. The smallest absolute Gasteiger partial charge is 0.337 e. The minimum Gasteiger partial charge on any atom is -0.465 e. The summed E-state index contributed by atoms with van der Waals surface area (Å²) in [6.07, 6.45) is 2.21. The topological polar surface area (TPSA) is 76.1 Å². The van der Waals surface area contributed by atoms with E-state index >= 15 is 0 Å². The average Bonchev–Trinajstić information content (AvgIpc) is 3.20. The third kappa shape index (κ3) is 2.44. The third-order valence-electron chi connectivity index (χ3n) is 2.71. The monoisotopic (exact) mass is 240 g/mol. The molecular weight excluding hydrogens is 228 g/mol. The van der Waals surface area contributed by atoms with E-state index in [1.807, 2.05) is 6.07 Å². The maximum absolute atomic E-state index is 11.5. The van der Waals surface area contributed by atoms with Crippen molar-refractivity contribution in [3.8, 4) is 17.9 Å². The van der Waals surface area contributed by atoms with Crippen LogP contribution < -0.4 is 5.73 Å². The lowest BCUT2D eigenvalue weighted by atomic mass is 10.0. The summed E-state index contributed by atoms with van der Waals surface area (Å²) in [5.74, 6) is 5.92. The number of rotatable bonds is 1. The zero-order valence-electron chi connectivity index (χ0n) is 9.99. The second kappa shape index (κ2) is 4.81. The summed E-state index contributed by atoms with van der Waals surface area (Å²) in [6, 6.07) is 4.94. The molecule has 1 saturated carbocycles. The first-order chi connectivity index (χ1) is 8.65. The van der Waals surface area contributed by atoms with Gasteiger partial charge >= 0.3 is 5.97 Å². The molecule has 0 atom stereocenters. The van der Waals surface area contributed by atoms with Gasteiger partial charge < -0.3 is 10.5 Å². The van der Waals surface area contributed by atoms with Gasteiger partial charge in [-0.05, 0) is 25.0 Å². The van der Waals surface area contributed by atoms with Crippen LogP contribution in [-0.4, -0.2) is 13.1 Å². The van der Waals surface area contributed by atoms with Gasteiger partial charge in [0.2, 0.25) is 0 Å². The van der Waals surface area contributed by atoms with E-state index in [0.717, 1.165) is 12.8 Å². The normalized spacial score (nSPS) is 13.1. The van der Waals surface area contributed by atoms with Gasteiger partial charge in [-0.3, -0.25) is 0 Å². The molecule has 1 fully saturated rings. The zero-order chi connectivity index (χ0) is 13.1. The van der Waals surface area contributed by atoms with E-state index in [1.54, 1.807) is 6.07 Å². The molecule has 0 bridgehead atoms. The summed E-state index contributed by atoms with van der Waals surface area (Å²) in [5.41, 5.74) is 7.21. The van der Waals surface area contributed by atoms with Crippen molar-refractivity contribution in [1.82, 2.24) is 0 Å². The first-order valence-corrected chi connectivity index (χ1v) is 5.59. The molecule has 0 saturated heterocycles. The number of nitrogen functional groups attached to an aromatic ring is 1. The molecule has 1 aromatic carbocycles. The van der Waals surface area contributed by atoms with Crippen LogP contribution in [0, 0.1) is 29.1 Å². The fourth-order valence-corrected chi connectivity index (χ4v) is 1.49. The molecule has 4 heteroatoms. The highest BCUT2D eigenvalue weighted by molar-refractivity contribution is 5.91. The number of ether oxygens (including phenoxy) is 1. The Kier molecular flexibility index (Phi) is 3.21. The van der Waals surface area contributed by atoms with Gasteiger partial charge in [0.05, 0.1) is 23.9 Å². The molecule has 0 unspecified atom stereocenters. The van der Waals surface area contributed by atoms with Crippen molar-refractivity contribution < 1.29 is 9.53 Å². The largest absolute Gasteiger partial charge is 0.465 e. The predicted molar refractivity (Wildman–Crippen MR) is 66.5 cm³/mol. The van der Waals surface area contributed by atoms with Crippen molar-refractivity contribution in [3.05, 3.63) is 28.8 Å². The minimum absolute atomic E-state index is 0.248. The van der Waals surface area contributed by atoms with Gasteiger partial charge in [0.25, 0.3) is 0 Å². The molecule has 18 heavy (non-hydrogen) atoms. The number of anilines is 1. The molecule has 0 amide bonds. The number of hydrogen-bond donors (Lipinski definition) is 1. The molecule has 0 spiro atoms. The van der Waals surface area contributed by atoms with Crippen molar-refractivity contribution in [2.24, 2.45) is 5.92 Å². The third-order valence-corrected chi connectivity index (χ3v) is 2.71. The number of nitrogens with two attached hydrogens (primary N) is 1. The summed E-state index contributed by atoms with van der Waals surface area (Å²) >= 11 is 0. The Morgan fingerprint density at radius 3 is 2.67 bits per heavy atom. The number of nitriles is 1. The molecule has 2 rings (SSSR count). The Morgan fingerprint density at radius 1 is 1.44 bits per heavy atom. The Hall–Kier alpha value is -2.46. The number of carbonyl (C=O) groups excluding carboxylic acids is 1. The van der Waals surface area contributed by atoms with Crippen LogP contribution in [0.25, 0.3) is 0 Å². The van der Waals surface area contributed by atoms with Crippen LogP contribution in [0.2, 0.25) is 0 Å². The Bertz CT molecular complexity index is 599. The van der Waals surface area contributed by atoms with Crippen LogP contribution in [0.1, 0.15) is 34.3 Å². The molecule has 4 nitrogen and oxygen atoms in total. The Morgan fingerprint density at radius 2 is 2.11 bits per heavy atom. The predicted octanol–water partition coefficient (Wildman–Crippen LogP) is 1.69. The Labute approximate surface area is 105 Å². The van der Waals surface area contributed by atoms with E-state index in [0.29, 0.717) is 22.7 Å². The van der Waals surface area contributed by atoms with Crippen LogP contribution in [-0.2, 0) is 4.74 Å². The van der Waals surface area contributed by atoms with Crippen molar-refractivity contribution in [2.45, 2.75) is 12.8 Å². The van der Waals surface area contributed by atoms with Crippen LogP contribution in [0.5, 0.6) is 0 Å². The zero-order valence-corrected chi connectivity index (χ0v) is 9.99. The fraction of sp³-hybridized carbons (Fsp3) is 0.286. The first-order valence-electron chi connectivity index (χ1n) is 5.59. The SMILES string of the molecule is COC(=O)c1cc(C#N)c(N)c(C#CC2CC2)c1. The second-order valence-electron chi connectivity index (χ2n) is 4.13. The van der Waals surface area contributed by atoms with Crippen LogP contribution in [0.15, 0.2) is 12.1 Å². The highest BCUT2D eigenvalue weighted by atomic mass is 16.5. The lowest BCUT2D eigenvalue weighted by Gasteiger charge is -2.05. The van der Waals surface area contributed by atoms with E-state index in [4.69, 9.17) is 11.0 Å². The van der Waals surface area contributed by atoms with Crippen molar-refractivity contribution in [2.75, 3.05) is 12.8 Å². The molecule has 90 valence electrons. The van der Waals surface area contributed by atoms with Gasteiger partial charge in [0.15, 0.2) is 0 Å². The summed E-state index contributed by atoms with van der Waals surface area (Å²) in [4.78, 5) is 11.5. The number of benzene rings is 1. The van der Waals surface area contributed by atoms with E-state index in [-0.39, 0.29) is 5.56 Å². The molecule has 0 heterocycles. The summed E-state index contributed by atoms with van der Waals surface area (Å²) in [7, 11) is 1.29. The van der Waals surface area contributed by atoms with Gasteiger partial charge in [0.1, 0.15) is 6.07 Å². The van der Waals surface area contributed by atoms with Gasteiger partial charge in [-0.1, -0.05) is 11.8 Å². The van der Waals surface area contributed by atoms with Crippen LogP contribution >= 0.6 is 0 Å². The molecule has 0 aliphatic heterocycles. The first kappa shape index (κ1) is 12.0. The maximum atomic E-state index is 11.5. The lowest BCUT2D eigenvalue weighted by molar-refractivity contribution is 0.0600. The number of hydrogen-bond acceptors (Lipinski definition) is 4. The molecule has 0 aromatic heterocycles. The van der Waals surface area contributed by atoms with Crippen LogP contribution in [0.3, 0.4) is 0 Å². The van der Waals surface area contributed by atoms with E-state index in [9.17, 15) is 4.79 Å². The fourth-order valence-electron chi connectivity index (χ4n) is 1.49. The minimum atomic E-state index is -0.499. The van der Waals surface area contributed by atoms with Gasteiger partial charge in [0, 0.05) is 11.5 Å². The molecule has 1 aliphatic carbocycles. The van der Waals surface area contributed by atoms with E-state index in [1.165, 1.54) is 13.2 Å². The number of methoxy groups -OCH3 is 1.